The van der Waals surface area contributed by atoms with Crippen LogP contribution in [0.5, 0.6) is 0 Å². The molecule has 34 heavy (non-hydrogen) atoms. The van der Waals surface area contributed by atoms with Crippen LogP contribution in [-0.2, 0) is 6.54 Å². The van der Waals surface area contributed by atoms with Gasteiger partial charge in [-0.25, -0.2) is 9.18 Å². The van der Waals surface area contributed by atoms with Gasteiger partial charge in [-0.3, -0.25) is 4.98 Å². The molecule has 7 heteroatoms. The van der Waals surface area contributed by atoms with Crippen molar-refractivity contribution in [2.45, 2.75) is 58.7 Å². The van der Waals surface area contributed by atoms with E-state index in [2.05, 4.69) is 22.0 Å². The molecule has 5 rings (SSSR count). The van der Waals surface area contributed by atoms with Crippen LogP contribution >= 0.6 is 0 Å². The van der Waals surface area contributed by atoms with Gasteiger partial charge in [0, 0.05) is 35.6 Å². The Morgan fingerprint density at radius 2 is 1.91 bits per heavy atom. The van der Waals surface area contributed by atoms with E-state index >= 15 is 0 Å². The number of pyridine rings is 1. The largest absolute Gasteiger partial charge is 0.478 e. The lowest BCUT2D eigenvalue weighted by Crippen LogP contribution is -2.27. The average Bonchev–Trinajstić information content (AvgIpc) is 3.34. The Labute approximate surface area is 197 Å². The molecular weight excluding hydrogens is 433 g/mol. The first kappa shape index (κ1) is 22.3. The van der Waals surface area contributed by atoms with Crippen LogP contribution in [0.25, 0.3) is 33.3 Å². The maximum absolute atomic E-state index is 14.4. The lowest BCUT2D eigenvalue weighted by Gasteiger charge is -2.31. The van der Waals surface area contributed by atoms with Crippen LogP contribution in [-0.4, -0.2) is 31.5 Å². The van der Waals surface area contributed by atoms with Crippen LogP contribution in [0.4, 0.5) is 4.39 Å². The van der Waals surface area contributed by atoms with Crippen molar-refractivity contribution in [3.8, 4) is 22.3 Å². The van der Waals surface area contributed by atoms with E-state index in [1.807, 2.05) is 32.2 Å². The van der Waals surface area contributed by atoms with E-state index in [1.54, 1.807) is 19.1 Å². The van der Waals surface area contributed by atoms with Crippen LogP contribution in [0.2, 0.25) is 0 Å². The van der Waals surface area contributed by atoms with Gasteiger partial charge in [-0.05, 0) is 76.1 Å². The highest BCUT2D eigenvalue weighted by atomic mass is 19.1. The summed E-state index contributed by atoms with van der Waals surface area (Å²) in [7, 11) is 0. The molecule has 0 atom stereocenters. The second-order valence-electron chi connectivity index (χ2n) is 9.73. The number of aryl methyl sites for hydroxylation is 2. The lowest BCUT2D eigenvalue weighted by atomic mass is 9.81. The number of aromatic nitrogens is 3. The first-order chi connectivity index (χ1) is 16.2. The molecule has 0 aliphatic heterocycles. The van der Waals surface area contributed by atoms with E-state index in [0.717, 1.165) is 64.1 Å². The Balaban J connectivity index is 1.59. The highest BCUT2D eigenvalue weighted by Gasteiger charge is 2.31. The summed E-state index contributed by atoms with van der Waals surface area (Å²) in [6.45, 7) is 6.30. The Morgan fingerprint density at radius 1 is 1.21 bits per heavy atom. The van der Waals surface area contributed by atoms with Crippen molar-refractivity contribution in [2.24, 2.45) is 5.92 Å². The van der Waals surface area contributed by atoms with Gasteiger partial charge in [-0.2, -0.15) is 0 Å². The van der Waals surface area contributed by atoms with E-state index in [1.165, 1.54) is 0 Å². The van der Waals surface area contributed by atoms with Gasteiger partial charge in [0.2, 0.25) is 0 Å². The van der Waals surface area contributed by atoms with Crippen LogP contribution in [0.1, 0.15) is 54.4 Å². The SMILES string of the molecule is Cc1noc(C)c1-c1cnc2c(-c3ccc(C(=O)O)cc3)cn(CC3CCC(C)(F)CC3)c2c1. The number of hydrogen-bond donors (Lipinski definition) is 1. The summed E-state index contributed by atoms with van der Waals surface area (Å²) in [6.07, 6.45) is 6.81. The Hall–Kier alpha value is -3.48. The zero-order valence-corrected chi connectivity index (χ0v) is 19.6. The summed E-state index contributed by atoms with van der Waals surface area (Å²) in [5, 5.41) is 13.3. The Bertz CT molecular complexity index is 1340. The van der Waals surface area contributed by atoms with E-state index in [4.69, 9.17) is 9.51 Å². The number of nitrogens with zero attached hydrogens (tertiary/aromatic N) is 3. The van der Waals surface area contributed by atoms with Crippen LogP contribution in [0.15, 0.2) is 47.2 Å². The van der Waals surface area contributed by atoms with Crippen molar-refractivity contribution in [3.63, 3.8) is 0 Å². The summed E-state index contributed by atoms with van der Waals surface area (Å²) < 4.78 is 22.0. The van der Waals surface area contributed by atoms with E-state index in [0.29, 0.717) is 18.8 Å². The van der Waals surface area contributed by atoms with E-state index in [9.17, 15) is 14.3 Å². The van der Waals surface area contributed by atoms with Gasteiger partial charge in [0.1, 0.15) is 11.4 Å². The first-order valence-electron chi connectivity index (χ1n) is 11.7. The minimum atomic E-state index is -1.07. The van der Waals surface area contributed by atoms with E-state index in [-0.39, 0.29) is 5.56 Å². The number of alkyl halides is 1. The summed E-state index contributed by atoms with van der Waals surface area (Å²) in [6, 6.07) is 8.99. The third kappa shape index (κ3) is 4.11. The Morgan fingerprint density at radius 3 is 2.53 bits per heavy atom. The molecule has 1 aliphatic carbocycles. The molecule has 1 aliphatic rings. The molecule has 0 spiro atoms. The topological polar surface area (TPSA) is 81.2 Å². The number of hydrogen-bond acceptors (Lipinski definition) is 4. The summed E-state index contributed by atoms with van der Waals surface area (Å²) in [5.41, 5.74) is 5.58. The fraction of sp³-hybridized carbons (Fsp3) is 0.370. The highest BCUT2D eigenvalue weighted by molar-refractivity contribution is 5.96. The number of rotatable bonds is 5. The fourth-order valence-corrected chi connectivity index (χ4v) is 5.09. The quantitative estimate of drug-likeness (QED) is 0.362. The number of carboxylic acid groups (broad SMARTS) is 1. The molecule has 0 saturated heterocycles. The van der Waals surface area contributed by atoms with Gasteiger partial charge < -0.3 is 14.2 Å². The number of carbonyl (C=O) groups is 1. The monoisotopic (exact) mass is 461 g/mol. The zero-order chi connectivity index (χ0) is 24.0. The van der Waals surface area contributed by atoms with Gasteiger partial charge in [0.05, 0.1) is 22.3 Å². The summed E-state index contributed by atoms with van der Waals surface area (Å²) in [5.74, 6) is 0.188. The summed E-state index contributed by atoms with van der Waals surface area (Å²) >= 11 is 0. The number of carboxylic acids is 1. The molecule has 0 unspecified atom stereocenters. The number of benzene rings is 1. The van der Waals surface area contributed by atoms with Crippen molar-refractivity contribution in [2.75, 3.05) is 0 Å². The van der Waals surface area contributed by atoms with Crippen molar-refractivity contribution in [1.29, 1.82) is 0 Å². The van der Waals surface area contributed by atoms with Crippen molar-refractivity contribution in [1.82, 2.24) is 14.7 Å². The van der Waals surface area contributed by atoms with Gasteiger partial charge in [-0.15, -0.1) is 0 Å². The predicted molar refractivity (Wildman–Crippen MR) is 129 cm³/mol. The molecule has 4 aromatic rings. The van der Waals surface area contributed by atoms with Crippen molar-refractivity contribution < 1.29 is 18.8 Å². The minimum absolute atomic E-state index is 0.248. The molecule has 1 aromatic carbocycles. The van der Waals surface area contributed by atoms with Gasteiger partial charge >= 0.3 is 5.97 Å². The zero-order valence-electron chi connectivity index (χ0n) is 19.6. The maximum atomic E-state index is 14.4. The molecule has 3 aromatic heterocycles. The molecule has 1 saturated carbocycles. The van der Waals surface area contributed by atoms with Crippen LogP contribution < -0.4 is 0 Å². The third-order valence-electron chi connectivity index (χ3n) is 7.08. The average molecular weight is 462 g/mol. The molecule has 1 N–H and O–H groups in total. The molecule has 0 radical (unpaired) electrons. The molecule has 6 nitrogen and oxygen atoms in total. The molecule has 0 bridgehead atoms. The standard InChI is InChI=1S/C27H28FN3O3/c1-16-24(17(2)34-30-16)21-12-23-25(29-13-21)22(19-4-6-20(7-5-19)26(32)33)15-31(23)14-18-8-10-27(3,28)11-9-18/h4-7,12-13,15,18H,8-11,14H2,1-3H3,(H,32,33). The molecule has 176 valence electrons. The molecule has 1 fully saturated rings. The molecule has 3 heterocycles. The van der Waals surface area contributed by atoms with Gasteiger partial charge in [0.25, 0.3) is 0 Å². The number of fused-ring (bicyclic) bond motifs is 1. The normalized spacial score (nSPS) is 20.6. The third-order valence-corrected chi connectivity index (χ3v) is 7.08. The lowest BCUT2D eigenvalue weighted by molar-refractivity contribution is 0.0697. The second-order valence-corrected chi connectivity index (χ2v) is 9.73. The number of aromatic carboxylic acids is 1. The summed E-state index contributed by atoms with van der Waals surface area (Å²) in [4.78, 5) is 16.1. The predicted octanol–water partition coefficient (Wildman–Crippen LogP) is 6.59. The molecule has 0 amide bonds. The second kappa shape index (κ2) is 8.38. The van der Waals surface area contributed by atoms with Crippen LogP contribution in [0.3, 0.4) is 0 Å². The Kier molecular flexibility index (Phi) is 5.50. The van der Waals surface area contributed by atoms with Crippen molar-refractivity contribution in [3.05, 3.63) is 59.7 Å². The molecular formula is C27H28FN3O3. The van der Waals surface area contributed by atoms with Crippen molar-refractivity contribution >= 4 is 17.0 Å². The minimum Gasteiger partial charge on any atom is -0.478 e. The highest BCUT2D eigenvalue weighted by Crippen LogP contribution is 2.38. The van der Waals surface area contributed by atoms with Crippen LogP contribution in [0, 0.1) is 19.8 Å². The van der Waals surface area contributed by atoms with Gasteiger partial charge in [0.15, 0.2) is 0 Å². The smallest absolute Gasteiger partial charge is 0.335 e. The first-order valence-corrected chi connectivity index (χ1v) is 11.7. The van der Waals surface area contributed by atoms with Gasteiger partial charge in [-0.1, -0.05) is 17.3 Å². The fourth-order valence-electron chi connectivity index (χ4n) is 5.09. The number of halogens is 1. The maximum Gasteiger partial charge on any atom is 0.335 e. The van der Waals surface area contributed by atoms with E-state index < -0.39 is 11.6 Å².